The standard InChI is InChI=1S/C18H15FN2O3/c19-13-7-5-11(6-8-13)16(22)10-20-18(24)15-9-12-3-1-2-4-14(12)17(23)21-15/h1-9,16,22H,10H2,(H,20,24)(H,21,23)/t16-/m1/s1. The summed E-state index contributed by atoms with van der Waals surface area (Å²) < 4.78 is 12.9. The molecule has 1 atom stereocenters. The average molecular weight is 326 g/mol. The third-order valence-electron chi connectivity index (χ3n) is 3.71. The van der Waals surface area contributed by atoms with Crippen LogP contribution in [0.4, 0.5) is 4.39 Å². The van der Waals surface area contributed by atoms with Crippen molar-refractivity contribution in [3.8, 4) is 0 Å². The van der Waals surface area contributed by atoms with Gasteiger partial charge < -0.3 is 15.4 Å². The molecular formula is C18H15FN2O3. The van der Waals surface area contributed by atoms with Gasteiger partial charge in [0.1, 0.15) is 11.5 Å². The van der Waals surface area contributed by atoms with Crippen LogP contribution < -0.4 is 10.9 Å². The first-order chi connectivity index (χ1) is 11.5. The van der Waals surface area contributed by atoms with E-state index in [-0.39, 0.29) is 17.8 Å². The van der Waals surface area contributed by atoms with Crippen molar-refractivity contribution >= 4 is 16.7 Å². The monoisotopic (exact) mass is 326 g/mol. The van der Waals surface area contributed by atoms with Crippen LogP contribution in [-0.2, 0) is 0 Å². The molecule has 0 radical (unpaired) electrons. The number of aromatic amines is 1. The highest BCUT2D eigenvalue weighted by molar-refractivity contribution is 5.96. The number of benzene rings is 2. The molecule has 3 aromatic rings. The maximum atomic E-state index is 12.9. The van der Waals surface area contributed by atoms with Gasteiger partial charge in [-0.1, -0.05) is 30.3 Å². The topological polar surface area (TPSA) is 82.2 Å². The first kappa shape index (κ1) is 15.9. The molecule has 0 spiro atoms. The van der Waals surface area contributed by atoms with Crippen LogP contribution in [-0.4, -0.2) is 22.5 Å². The van der Waals surface area contributed by atoms with Gasteiger partial charge in [-0.2, -0.15) is 0 Å². The van der Waals surface area contributed by atoms with Crippen LogP contribution in [0.5, 0.6) is 0 Å². The Bertz CT molecular complexity index is 935. The van der Waals surface area contributed by atoms with Crippen LogP contribution >= 0.6 is 0 Å². The first-order valence-electron chi connectivity index (χ1n) is 7.38. The second-order valence-corrected chi connectivity index (χ2v) is 5.38. The fourth-order valence-corrected chi connectivity index (χ4v) is 2.42. The van der Waals surface area contributed by atoms with E-state index in [4.69, 9.17) is 0 Å². The molecule has 24 heavy (non-hydrogen) atoms. The summed E-state index contributed by atoms with van der Waals surface area (Å²) >= 11 is 0. The summed E-state index contributed by atoms with van der Waals surface area (Å²) in [5.74, 6) is -0.900. The van der Waals surface area contributed by atoms with E-state index in [9.17, 15) is 19.1 Å². The van der Waals surface area contributed by atoms with Crippen LogP contribution in [0.2, 0.25) is 0 Å². The molecule has 5 nitrogen and oxygen atoms in total. The highest BCUT2D eigenvalue weighted by Gasteiger charge is 2.13. The Morgan fingerprint density at radius 2 is 1.88 bits per heavy atom. The second kappa shape index (κ2) is 6.64. The lowest BCUT2D eigenvalue weighted by atomic mass is 10.1. The molecule has 0 saturated carbocycles. The van der Waals surface area contributed by atoms with Crippen molar-refractivity contribution in [2.75, 3.05) is 6.54 Å². The Morgan fingerprint density at radius 3 is 2.62 bits per heavy atom. The average Bonchev–Trinajstić information content (AvgIpc) is 2.60. The highest BCUT2D eigenvalue weighted by atomic mass is 19.1. The minimum absolute atomic E-state index is 0.0562. The predicted molar refractivity (Wildman–Crippen MR) is 88.3 cm³/mol. The molecule has 3 N–H and O–H groups in total. The van der Waals surface area contributed by atoms with Crippen LogP contribution in [0.3, 0.4) is 0 Å². The van der Waals surface area contributed by atoms with E-state index >= 15 is 0 Å². The molecule has 1 aromatic heterocycles. The number of hydrogen-bond donors (Lipinski definition) is 3. The zero-order valence-corrected chi connectivity index (χ0v) is 12.6. The van der Waals surface area contributed by atoms with Crippen LogP contribution in [0.25, 0.3) is 10.8 Å². The fraction of sp³-hybridized carbons (Fsp3) is 0.111. The van der Waals surface area contributed by atoms with Gasteiger partial charge in [0.25, 0.3) is 11.5 Å². The molecule has 0 unspecified atom stereocenters. The number of carbonyl (C=O) groups excluding carboxylic acids is 1. The first-order valence-corrected chi connectivity index (χ1v) is 7.38. The molecule has 0 aliphatic carbocycles. The molecule has 0 aliphatic rings. The summed E-state index contributed by atoms with van der Waals surface area (Å²) in [6.07, 6.45) is -0.971. The molecule has 3 rings (SSSR count). The lowest BCUT2D eigenvalue weighted by Crippen LogP contribution is -2.30. The van der Waals surface area contributed by atoms with Crippen LogP contribution in [0, 0.1) is 5.82 Å². The summed E-state index contributed by atoms with van der Waals surface area (Å²) in [5, 5.41) is 13.7. The molecule has 0 bridgehead atoms. The number of hydrogen-bond acceptors (Lipinski definition) is 3. The number of aromatic nitrogens is 1. The Kier molecular flexibility index (Phi) is 4.39. The summed E-state index contributed by atoms with van der Waals surface area (Å²) in [5.41, 5.74) is 0.256. The second-order valence-electron chi connectivity index (χ2n) is 5.38. The van der Waals surface area contributed by atoms with Crippen LogP contribution in [0.15, 0.2) is 59.4 Å². The Labute approximate surface area is 136 Å². The van der Waals surface area contributed by atoms with E-state index in [0.29, 0.717) is 16.3 Å². The molecule has 1 amide bonds. The van der Waals surface area contributed by atoms with Gasteiger partial charge in [-0.15, -0.1) is 0 Å². The van der Waals surface area contributed by atoms with Gasteiger partial charge in [0.15, 0.2) is 0 Å². The minimum Gasteiger partial charge on any atom is -0.387 e. The van der Waals surface area contributed by atoms with Crippen molar-refractivity contribution in [2.24, 2.45) is 0 Å². The number of fused-ring (bicyclic) bond motifs is 1. The minimum atomic E-state index is -0.971. The molecule has 0 saturated heterocycles. The lowest BCUT2D eigenvalue weighted by molar-refractivity contribution is 0.0911. The molecule has 0 aliphatic heterocycles. The van der Waals surface area contributed by atoms with E-state index in [2.05, 4.69) is 10.3 Å². The van der Waals surface area contributed by atoms with Crippen molar-refractivity contribution in [3.63, 3.8) is 0 Å². The lowest BCUT2D eigenvalue weighted by Gasteiger charge is -2.12. The third-order valence-corrected chi connectivity index (χ3v) is 3.71. The number of carbonyl (C=O) groups is 1. The van der Waals surface area contributed by atoms with Gasteiger partial charge in [-0.25, -0.2) is 4.39 Å². The van der Waals surface area contributed by atoms with E-state index in [1.807, 2.05) is 0 Å². The number of amides is 1. The zero-order chi connectivity index (χ0) is 17.1. The number of aliphatic hydroxyl groups is 1. The Balaban J connectivity index is 1.73. The van der Waals surface area contributed by atoms with Crippen molar-refractivity contribution in [1.29, 1.82) is 0 Å². The molecule has 0 fully saturated rings. The van der Waals surface area contributed by atoms with Crippen molar-refractivity contribution in [2.45, 2.75) is 6.10 Å². The van der Waals surface area contributed by atoms with Gasteiger partial charge in [0, 0.05) is 11.9 Å². The van der Waals surface area contributed by atoms with E-state index in [1.165, 1.54) is 24.3 Å². The maximum Gasteiger partial charge on any atom is 0.267 e. The van der Waals surface area contributed by atoms with Gasteiger partial charge in [0.2, 0.25) is 0 Å². The van der Waals surface area contributed by atoms with E-state index in [0.717, 1.165) is 0 Å². The number of aliphatic hydroxyl groups excluding tert-OH is 1. The molecule has 1 heterocycles. The fourth-order valence-electron chi connectivity index (χ4n) is 2.42. The predicted octanol–water partition coefficient (Wildman–Crippen LogP) is 2.13. The number of pyridine rings is 1. The quantitative estimate of drug-likeness (QED) is 0.687. The molecule has 6 heteroatoms. The number of halogens is 1. The van der Waals surface area contributed by atoms with Crippen molar-refractivity contribution in [1.82, 2.24) is 10.3 Å². The summed E-state index contributed by atoms with van der Waals surface area (Å²) in [7, 11) is 0. The Morgan fingerprint density at radius 1 is 1.17 bits per heavy atom. The summed E-state index contributed by atoms with van der Waals surface area (Å²) in [6, 6.07) is 13.9. The number of rotatable bonds is 4. The van der Waals surface area contributed by atoms with Gasteiger partial charge in [-0.05, 0) is 35.2 Å². The van der Waals surface area contributed by atoms with Gasteiger partial charge >= 0.3 is 0 Å². The van der Waals surface area contributed by atoms with Crippen LogP contribution in [0.1, 0.15) is 22.2 Å². The number of H-pyrrole nitrogens is 1. The number of nitrogens with one attached hydrogen (secondary N) is 2. The van der Waals surface area contributed by atoms with Crippen molar-refractivity contribution < 1.29 is 14.3 Å². The highest BCUT2D eigenvalue weighted by Crippen LogP contribution is 2.13. The van der Waals surface area contributed by atoms with Crippen molar-refractivity contribution in [3.05, 3.63) is 82.0 Å². The SMILES string of the molecule is O=C(NC[C@@H](O)c1ccc(F)cc1)c1cc2ccccc2c(=O)[nH]1. The van der Waals surface area contributed by atoms with E-state index in [1.54, 1.807) is 30.3 Å². The third kappa shape index (κ3) is 3.33. The summed E-state index contributed by atoms with van der Waals surface area (Å²) in [4.78, 5) is 26.7. The maximum absolute atomic E-state index is 12.9. The Hall–Kier alpha value is -2.99. The molecule has 122 valence electrons. The largest absolute Gasteiger partial charge is 0.387 e. The molecule has 2 aromatic carbocycles. The van der Waals surface area contributed by atoms with Gasteiger partial charge in [-0.3, -0.25) is 9.59 Å². The normalized spacial score (nSPS) is 12.1. The smallest absolute Gasteiger partial charge is 0.267 e. The summed E-state index contributed by atoms with van der Waals surface area (Å²) in [6.45, 7) is -0.0562. The molecular weight excluding hydrogens is 311 g/mol. The van der Waals surface area contributed by atoms with E-state index < -0.39 is 17.8 Å². The van der Waals surface area contributed by atoms with Gasteiger partial charge in [0.05, 0.1) is 6.10 Å². The zero-order valence-electron chi connectivity index (χ0n) is 12.6.